The molecule has 0 N–H and O–H groups in total. The Balaban J connectivity index is 1.42. The normalized spacial score (nSPS) is 17.2. The van der Waals surface area contributed by atoms with Gasteiger partial charge in [-0.1, -0.05) is 6.07 Å². The van der Waals surface area contributed by atoms with Crippen LogP contribution in [0.5, 0.6) is 0 Å². The maximum atomic E-state index is 12.8. The molecule has 4 rings (SSSR count). The number of carbonyl (C=O) groups is 1. The Labute approximate surface area is 152 Å². The Bertz CT molecular complexity index is 846. The molecular weight excluding hydrogens is 326 g/mol. The van der Waals surface area contributed by atoms with Gasteiger partial charge in [0.2, 0.25) is 0 Å². The number of pyridine rings is 2. The number of amides is 1. The minimum atomic E-state index is 0.0511. The molecule has 0 spiro atoms. The summed E-state index contributed by atoms with van der Waals surface area (Å²) in [6.07, 6.45) is 10.1. The average molecular weight is 347 g/mol. The molecule has 6 heteroatoms. The zero-order valence-electron chi connectivity index (χ0n) is 14.5. The van der Waals surface area contributed by atoms with Gasteiger partial charge < -0.3 is 4.90 Å². The van der Waals surface area contributed by atoms with E-state index in [0.29, 0.717) is 17.3 Å². The Hall–Kier alpha value is -3.02. The van der Waals surface area contributed by atoms with Crippen molar-refractivity contribution >= 4 is 5.91 Å². The van der Waals surface area contributed by atoms with E-state index in [-0.39, 0.29) is 5.91 Å². The number of hydrogen-bond acceptors (Lipinski definition) is 4. The maximum Gasteiger partial charge on any atom is 0.255 e. The van der Waals surface area contributed by atoms with Crippen LogP contribution in [0.1, 0.15) is 28.9 Å². The average Bonchev–Trinajstić information content (AvgIpc) is 3.23. The summed E-state index contributed by atoms with van der Waals surface area (Å²) < 4.78 is 1.68. The van der Waals surface area contributed by atoms with Crippen LogP contribution in [0.3, 0.4) is 0 Å². The largest absolute Gasteiger partial charge is 0.338 e. The fraction of sp³-hybridized carbons (Fsp3) is 0.300. The van der Waals surface area contributed by atoms with Gasteiger partial charge in [-0.2, -0.15) is 5.10 Å². The van der Waals surface area contributed by atoms with Crippen molar-refractivity contribution in [2.24, 2.45) is 5.92 Å². The minimum Gasteiger partial charge on any atom is -0.338 e. The van der Waals surface area contributed by atoms with E-state index in [1.165, 1.54) is 0 Å². The van der Waals surface area contributed by atoms with E-state index < -0.39 is 0 Å². The number of nitrogens with zero attached hydrogens (tertiary/aromatic N) is 5. The summed E-state index contributed by atoms with van der Waals surface area (Å²) in [6, 6.07) is 11.5. The summed E-state index contributed by atoms with van der Waals surface area (Å²) >= 11 is 0. The summed E-state index contributed by atoms with van der Waals surface area (Å²) in [4.78, 5) is 23.6. The van der Waals surface area contributed by atoms with Crippen LogP contribution < -0.4 is 0 Å². The van der Waals surface area contributed by atoms with Crippen molar-refractivity contribution in [1.82, 2.24) is 24.6 Å². The molecule has 0 unspecified atom stereocenters. The Morgan fingerprint density at radius 3 is 2.81 bits per heavy atom. The predicted molar refractivity (Wildman–Crippen MR) is 97.9 cm³/mol. The predicted octanol–water partition coefficient (Wildman–Crippen LogP) is 2.76. The molecule has 0 saturated carbocycles. The number of aromatic nitrogens is 4. The van der Waals surface area contributed by atoms with E-state index in [1.807, 2.05) is 47.6 Å². The summed E-state index contributed by atoms with van der Waals surface area (Å²) in [5, 5.41) is 4.15. The summed E-state index contributed by atoms with van der Waals surface area (Å²) in [6.45, 7) is 1.58. The van der Waals surface area contributed by atoms with E-state index in [4.69, 9.17) is 0 Å². The van der Waals surface area contributed by atoms with Crippen LogP contribution in [-0.4, -0.2) is 43.6 Å². The molecule has 132 valence electrons. The highest BCUT2D eigenvalue weighted by atomic mass is 16.2. The molecule has 1 saturated heterocycles. The number of hydrogen-bond donors (Lipinski definition) is 0. The van der Waals surface area contributed by atoms with Crippen LogP contribution in [0.4, 0.5) is 0 Å². The van der Waals surface area contributed by atoms with Crippen molar-refractivity contribution < 1.29 is 4.79 Å². The van der Waals surface area contributed by atoms with E-state index in [0.717, 1.165) is 38.0 Å². The molecular formula is C20H21N5O. The van der Waals surface area contributed by atoms with Gasteiger partial charge in [0, 0.05) is 43.6 Å². The summed E-state index contributed by atoms with van der Waals surface area (Å²) in [5.41, 5.74) is 1.72. The second kappa shape index (κ2) is 7.47. The van der Waals surface area contributed by atoms with Crippen molar-refractivity contribution in [3.63, 3.8) is 0 Å². The molecule has 0 aliphatic carbocycles. The van der Waals surface area contributed by atoms with E-state index in [2.05, 4.69) is 21.1 Å². The quantitative estimate of drug-likeness (QED) is 0.728. The maximum absolute atomic E-state index is 12.8. The Morgan fingerprint density at radius 1 is 1.12 bits per heavy atom. The molecule has 0 radical (unpaired) electrons. The lowest BCUT2D eigenvalue weighted by Crippen LogP contribution is -2.40. The van der Waals surface area contributed by atoms with Crippen LogP contribution in [0.2, 0.25) is 0 Å². The van der Waals surface area contributed by atoms with Crippen LogP contribution in [0, 0.1) is 5.92 Å². The zero-order chi connectivity index (χ0) is 17.8. The van der Waals surface area contributed by atoms with Crippen molar-refractivity contribution in [2.75, 3.05) is 13.1 Å². The highest BCUT2D eigenvalue weighted by molar-refractivity contribution is 5.94. The lowest BCUT2D eigenvalue weighted by Gasteiger charge is -2.32. The van der Waals surface area contributed by atoms with E-state index in [1.54, 1.807) is 17.1 Å². The molecule has 3 aromatic rings. The van der Waals surface area contributed by atoms with Gasteiger partial charge in [0.25, 0.3) is 5.91 Å². The second-order valence-electron chi connectivity index (χ2n) is 6.64. The zero-order valence-corrected chi connectivity index (χ0v) is 14.5. The van der Waals surface area contributed by atoms with Gasteiger partial charge in [0.15, 0.2) is 5.82 Å². The molecule has 1 aliphatic rings. The van der Waals surface area contributed by atoms with Gasteiger partial charge in [0.05, 0.1) is 5.56 Å². The first-order valence-electron chi connectivity index (χ1n) is 8.95. The number of piperidine rings is 1. The van der Waals surface area contributed by atoms with Crippen LogP contribution in [0.25, 0.3) is 5.82 Å². The molecule has 1 atom stereocenters. The second-order valence-corrected chi connectivity index (χ2v) is 6.64. The Kier molecular flexibility index (Phi) is 4.73. The lowest BCUT2D eigenvalue weighted by molar-refractivity contribution is 0.0672. The van der Waals surface area contributed by atoms with Crippen molar-refractivity contribution in [3.8, 4) is 5.82 Å². The highest BCUT2D eigenvalue weighted by Gasteiger charge is 2.25. The third kappa shape index (κ3) is 3.64. The van der Waals surface area contributed by atoms with Gasteiger partial charge in [-0.15, -0.1) is 0 Å². The SMILES string of the molecule is O=C(c1ccc(-n2cccn2)nc1)N1CCC[C@H](Cc2ccccn2)C1. The Morgan fingerprint density at radius 2 is 2.08 bits per heavy atom. The third-order valence-corrected chi connectivity index (χ3v) is 4.76. The lowest BCUT2D eigenvalue weighted by atomic mass is 9.93. The van der Waals surface area contributed by atoms with Crippen LogP contribution >= 0.6 is 0 Å². The number of rotatable bonds is 4. The molecule has 1 amide bonds. The summed E-state index contributed by atoms with van der Waals surface area (Å²) in [7, 11) is 0. The molecule has 1 fully saturated rings. The van der Waals surface area contributed by atoms with E-state index >= 15 is 0 Å². The molecule has 1 aliphatic heterocycles. The fourth-order valence-corrected chi connectivity index (χ4v) is 3.47. The first-order valence-corrected chi connectivity index (χ1v) is 8.95. The number of carbonyl (C=O) groups excluding carboxylic acids is 1. The van der Waals surface area contributed by atoms with Crippen molar-refractivity contribution in [3.05, 3.63) is 72.4 Å². The molecule has 3 aromatic heterocycles. The molecule has 6 nitrogen and oxygen atoms in total. The third-order valence-electron chi connectivity index (χ3n) is 4.76. The van der Waals surface area contributed by atoms with Gasteiger partial charge in [-0.25, -0.2) is 9.67 Å². The molecule has 4 heterocycles. The van der Waals surface area contributed by atoms with Crippen molar-refractivity contribution in [2.45, 2.75) is 19.3 Å². The number of likely N-dealkylation sites (tertiary alicyclic amines) is 1. The first kappa shape index (κ1) is 16.4. The van der Waals surface area contributed by atoms with Crippen molar-refractivity contribution in [1.29, 1.82) is 0 Å². The van der Waals surface area contributed by atoms with Crippen LogP contribution in [0.15, 0.2) is 61.2 Å². The smallest absolute Gasteiger partial charge is 0.255 e. The van der Waals surface area contributed by atoms with Gasteiger partial charge in [-0.05, 0) is 55.5 Å². The molecule has 0 bridgehead atoms. The molecule has 26 heavy (non-hydrogen) atoms. The van der Waals surface area contributed by atoms with Gasteiger partial charge >= 0.3 is 0 Å². The van der Waals surface area contributed by atoms with Gasteiger partial charge in [0.1, 0.15) is 0 Å². The monoisotopic (exact) mass is 347 g/mol. The minimum absolute atomic E-state index is 0.0511. The first-order chi connectivity index (χ1) is 12.8. The molecule has 0 aromatic carbocycles. The fourth-order valence-electron chi connectivity index (χ4n) is 3.47. The summed E-state index contributed by atoms with van der Waals surface area (Å²) in [5.74, 6) is 1.22. The highest BCUT2D eigenvalue weighted by Crippen LogP contribution is 2.21. The topological polar surface area (TPSA) is 63.9 Å². The standard InChI is InChI=1S/C20H21N5O/c26-20(17-7-8-19(22-14-17)25-12-4-10-23-25)24-11-3-5-16(15-24)13-18-6-1-2-9-21-18/h1-2,4,6-10,12,14,16H,3,5,11,13,15H2/t16-/m1/s1. The van der Waals surface area contributed by atoms with Gasteiger partial charge in [-0.3, -0.25) is 9.78 Å². The van der Waals surface area contributed by atoms with E-state index in [9.17, 15) is 4.79 Å². The van der Waals surface area contributed by atoms with Crippen LogP contribution in [-0.2, 0) is 6.42 Å².